The van der Waals surface area contributed by atoms with Gasteiger partial charge < -0.3 is 9.47 Å². The molecule has 0 fully saturated rings. The lowest BCUT2D eigenvalue weighted by molar-refractivity contribution is 0.482. The van der Waals surface area contributed by atoms with Crippen LogP contribution in [0.3, 0.4) is 0 Å². The molecule has 0 saturated carbocycles. The topological polar surface area (TPSA) is 18.5 Å². The molecule has 0 saturated heterocycles. The van der Waals surface area contributed by atoms with Crippen molar-refractivity contribution >= 4 is 11.6 Å². The fourth-order valence-electron chi connectivity index (χ4n) is 3.20. The van der Waals surface area contributed by atoms with E-state index >= 15 is 0 Å². The van der Waals surface area contributed by atoms with Gasteiger partial charge in [-0.15, -0.1) is 0 Å². The Kier molecular flexibility index (Phi) is 11.0. The number of aryl methyl sites for hydroxylation is 4. The van der Waals surface area contributed by atoms with Gasteiger partial charge in [-0.05, 0) is 106 Å². The minimum absolute atomic E-state index is 0.171. The second-order valence-electron chi connectivity index (χ2n) is 8.90. The van der Waals surface area contributed by atoms with Gasteiger partial charge >= 0.3 is 0 Å². The van der Waals surface area contributed by atoms with Crippen molar-refractivity contribution < 1.29 is 13.9 Å². The minimum Gasteiger partial charge on any atom is -0.457 e. The third-order valence-corrected chi connectivity index (χ3v) is 5.58. The van der Waals surface area contributed by atoms with E-state index in [1.165, 1.54) is 28.8 Å². The molecule has 5 aromatic rings. The van der Waals surface area contributed by atoms with E-state index in [9.17, 15) is 4.39 Å². The van der Waals surface area contributed by atoms with Crippen LogP contribution in [-0.2, 0) is 0 Å². The first-order chi connectivity index (χ1) is 18.3. The normalized spacial score (nSPS) is 9.84. The number of ether oxygens (including phenoxy) is 2. The summed E-state index contributed by atoms with van der Waals surface area (Å²) < 4.78 is 23.4. The molecule has 4 heteroatoms. The van der Waals surface area contributed by atoms with Crippen LogP contribution in [0.2, 0.25) is 5.02 Å². The molecule has 0 spiro atoms. The van der Waals surface area contributed by atoms with Gasteiger partial charge in [-0.3, -0.25) is 0 Å². The van der Waals surface area contributed by atoms with Gasteiger partial charge in [-0.25, -0.2) is 4.39 Å². The summed E-state index contributed by atoms with van der Waals surface area (Å²) in [4.78, 5) is 0. The molecule has 0 heterocycles. The van der Waals surface area contributed by atoms with Gasteiger partial charge in [-0.2, -0.15) is 0 Å². The minimum atomic E-state index is -0.171. The Hall–Kier alpha value is -4.08. The van der Waals surface area contributed by atoms with E-state index in [1.807, 2.05) is 105 Å². The molecule has 0 unspecified atom stereocenters. The fourth-order valence-corrected chi connectivity index (χ4v) is 3.33. The largest absolute Gasteiger partial charge is 0.457 e. The Labute approximate surface area is 230 Å². The standard InChI is InChI=1S/C14H14O.C13H11ClO.C7H7F/c1-11-6-8-13(9-7-11)15-14-5-3-4-12(2)10-14;1-10-2-6-12(7-3-10)15-13-8-4-11(14)5-9-13;1-6-2-4-7(8)5-3-6/h3-10H,1-2H3;2-9H,1H3;2-5H,1H3. The van der Waals surface area contributed by atoms with Crippen molar-refractivity contribution in [3.63, 3.8) is 0 Å². The molecule has 0 aliphatic rings. The predicted octanol–water partition coefficient (Wildman–Crippen LogP) is 10.7. The van der Waals surface area contributed by atoms with E-state index in [0.717, 1.165) is 28.6 Å². The summed E-state index contributed by atoms with van der Waals surface area (Å²) in [7, 11) is 0. The molecule has 0 aliphatic heterocycles. The third-order valence-electron chi connectivity index (χ3n) is 5.33. The van der Waals surface area contributed by atoms with E-state index in [0.29, 0.717) is 5.02 Å². The van der Waals surface area contributed by atoms with Gasteiger partial charge in [0.15, 0.2) is 0 Å². The highest BCUT2D eigenvalue weighted by atomic mass is 35.5. The lowest BCUT2D eigenvalue weighted by atomic mass is 10.2. The summed E-state index contributed by atoms with van der Waals surface area (Å²) in [5, 5.41) is 0.714. The number of hydrogen-bond donors (Lipinski definition) is 0. The summed E-state index contributed by atoms with van der Waals surface area (Å²) >= 11 is 5.78. The number of benzene rings is 5. The van der Waals surface area contributed by atoms with E-state index < -0.39 is 0 Å². The average Bonchev–Trinajstić information content (AvgIpc) is 2.91. The summed E-state index contributed by atoms with van der Waals surface area (Å²) in [6.07, 6.45) is 0. The maximum atomic E-state index is 12.1. The van der Waals surface area contributed by atoms with Crippen molar-refractivity contribution in [1.82, 2.24) is 0 Å². The van der Waals surface area contributed by atoms with Crippen molar-refractivity contribution in [2.24, 2.45) is 0 Å². The maximum Gasteiger partial charge on any atom is 0.127 e. The van der Waals surface area contributed by atoms with Crippen molar-refractivity contribution in [2.75, 3.05) is 0 Å². The van der Waals surface area contributed by atoms with Gasteiger partial charge in [0.1, 0.15) is 28.8 Å². The molecule has 5 rings (SSSR count). The molecule has 0 aromatic heterocycles. The molecule has 194 valence electrons. The highest BCUT2D eigenvalue weighted by Gasteiger charge is 1.97. The van der Waals surface area contributed by atoms with Crippen molar-refractivity contribution in [1.29, 1.82) is 0 Å². The molecular formula is C34H32ClFO2. The zero-order chi connectivity index (χ0) is 27.3. The van der Waals surface area contributed by atoms with Crippen LogP contribution in [0.4, 0.5) is 4.39 Å². The van der Waals surface area contributed by atoms with Crippen LogP contribution < -0.4 is 9.47 Å². The fraction of sp³-hybridized carbons (Fsp3) is 0.118. The van der Waals surface area contributed by atoms with Crippen molar-refractivity contribution in [3.05, 3.63) is 154 Å². The third kappa shape index (κ3) is 10.5. The van der Waals surface area contributed by atoms with Gasteiger partial charge in [0.05, 0.1) is 0 Å². The van der Waals surface area contributed by atoms with E-state index in [4.69, 9.17) is 21.1 Å². The predicted molar refractivity (Wildman–Crippen MR) is 156 cm³/mol. The Morgan fingerprint density at radius 1 is 0.447 bits per heavy atom. The van der Waals surface area contributed by atoms with Crippen LogP contribution in [0.15, 0.2) is 121 Å². The van der Waals surface area contributed by atoms with Crippen molar-refractivity contribution in [2.45, 2.75) is 27.7 Å². The summed E-state index contributed by atoms with van der Waals surface area (Å²) in [5.41, 5.74) is 4.76. The molecule has 38 heavy (non-hydrogen) atoms. The zero-order valence-corrected chi connectivity index (χ0v) is 22.9. The molecule has 0 radical (unpaired) electrons. The highest BCUT2D eigenvalue weighted by molar-refractivity contribution is 6.30. The first-order valence-electron chi connectivity index (χ1n) is 12.3. The second kappa shape index (κ2) is 14.6. The van der Waals surface area contributed by atoms with Gasteiger partial charge in [0, 0.05) is 5.02 Å². The second-order valence-corrected chi connectivity index (χ2v) is 9.33. The summed E-state index contributed by atoms with van der Waals surface area (Å²) in [6.45, 7) is 8.10. The zero-order valence-electron chi connectivity index (χ0n) is 22.1. The Morgan fingerprint density at radius 3 is 1.26 bits per heavy atom. The number of rotatable bonds is 4. The van der Waals surface area contributed by atoms with E-state index in [2.05, 4.69) is 19.9 Å². The van der Waals surface area contributed by atoms with Crippen molar-refractivity contribution in [3.8, 4) is 23.0 Å². The van der Waals surface area contributed by atoms with Crippen LogP contribution in [0, 0.1) is 33.5 Å². The van der Waals surface area contributed by atoms with Crippen LogP contribution in [0.5, 0.6) is 23.0 Å². The Bertz CT molecular complexity index is 1310. The van der Waals surface area contributed by atoms with Crippen LogP contribution in [0.25, 0.3) is 0 Å². The monoisotopic (exact) mass is 526 g/mol. The lowest BCUT2D eigenvalue weighted by Crippen LogP contribution is -1.84. The number of hydrogen-bond acceptors (Lipinski definition) is 2. The van der Waals surface area contributed by atoms with Crippen LogP contribution in [0.1, 0.15) is 22.3 Å². The summed E-state index contributed by atoms with van der Waals surface area (Å²) in [6, 6.07) is 37.8. The van der Waals surface area contributed by atoms with E-state index in [1.54, 1.807) is 12.1 Å². The van der Waals surface area contributed by atoms with Gasteiger partial charge in [0.2, 0.25) is 0 Å². The van der Waals surface area contributed by atoms with Gasteiger partial charge in [0.25, 0.3) is 0 Å². The molecular weight excluding hydrogens is 495 g/mol. The maximum absolute atomic E-state index is 12.1. The highest BCUT2D eigenvalue weighted by Crippen LogP contribution is 2.23. The van der Waals surface area contributed by atoms with E-state index in [-0.39, 0.29) is 5.82 Å². The quantitative estimate of drug-likeness (QED) is 0.232. The summed E-state index contributed by atoms with van der Waals surface area (Å²) in [5.74, 6) is 3.23. The van der Waals surface area contributed by atoms with Crippen LogP contribution >= 0.6 is 11.6 Å². The molecule has 0 bridgehead atoms. The average molecular weight is 527 g/mol. The smallest absolute Gasteiger partial charge is 0.127 e. The molecule has 0 aliphatic carbocycles. The lowest BCUT2D eigenvalue weighted by Gasteiger charge is -2.06. The molecule has 0 amide bonds. The first kappa shape index (κ1) is 28.5. The Morgan fingerprint density at radius 2 is 0.842 bits per heavy atom. The van der Waals surface area contributed by atoms with Gasteiger partial charge in [-0.1, -0.05) is 76.8 Å². The first-order valence-corrected chi connectivity index (χ1v) is 12.7. The number of halogens is 2. The molecule has 2 nitrogen and oxygen atoms in total. The molecule has 0 N–H and O–H groups in total. The molecule has 5 aromatic carbocycles. The molecule has 0 atom stereocenters. The van der Waals surface area contributed by atoms with Crippen LogP contribution in [-0.4, -0.2) is 0 Å². The SMILES string of the molecule is Cc1ccc(F)cc1.Cc1ccc(Oc2ccc(Cl)cc2)cc1.Cc1ccc(Oc2cccc(C)c2)cc1. The Balaban J connectivity index is 0.000000166.